The Labute approximate surface area is 158 Å². The van der Waals surface area contributed by atoms with E-state index in [-0.39, 0.29) is 18.4 Å². The molecule has 1 N–H and O–H groups in total. The molecule has 2 aromatic rings. The fourth-order valence-electron chi connectivity index (χ4n) is 2.90. The zero-order valence-corrected chi connectivity index (χ0v) is 15.3. The summed E-state index contributed by atoms with van der Waals surface area (Å²) in [5, 5.41) is 2.57. The van der Waals surface area contributed by atoms with Gasteiger partial charge in [0.25, 0.3) is 11.8 Å². The molecule has 0 fully saturated rings. The number of benzene rings is 2. The first kappa shape index (κ1) is 18.5. The SMILES string of the molecule is CCOc1ccccc1/C=C/C(=O)N1C[C@H](C(=O)NC)Oc2ccccc21. The highest BCUT2D eigenvalue weighted by atomic mass is 16.5. The van der Waals surface area contributed by atoms with Crippen molar-refractivity contribution in [3.63, 3.8) is 0 Å². The summed E-state index contributed by atoms with van der Waals surface area (Å²) in [6.45, 7) is 2.60. The highest BCUT2D eigenvalue weighted by Crippen LogP contribution is 2.33. The van der Waals surface area contributed by atoms with E-state index in [1.807, 2.05) is 43.3 Å². The molecule has 1 atom stereocenters. The van der Waals surface area contributed by atoms with Gasteiger partial charge >= 0.3 is 0 Å². The zero-order chi connectivity index (χ0) is 19.2. The fourth-order valence-corrected chi connectivity index (χ4v) is 2.90. The number of rotatable bonds is 5. The van der Waals surface area contributed by atoms with Crippen molar-refractivity contribution in [2.24, 2.45) is 0 Å². The minimum Gasteiger partial charge on any atom is -0.493 e. The Morgan fingerprint density at radius 1 is 1.22 bits per heavy atom. The van der Waals surface area contributed by atoms with Gasteiger partial charge in [-0.3, -0.25) is 9.59 Å². The number of hydrogen-bond acceptors (Lipinski definition) is 4. The minimum absolute atomic E-state index is 0.146. The van der Waals surface area contributed by atoms with Crippen molar-refractivity contribution in [1.82, 2.24) is 5.32 Å². The Morgan fingerprint density at radius 2 is 1.96 bits per heavy atom. The average Bonchev–Trinajstić information content (AvgIpc) is 2.71. The number of likely N-dealkylation sites (N-methyl/N-ethyl adjacent to an activating group) is 1. The molecule has 3 rings (SSSR count). The summed E-state index contributed by atoms with van der Waals surface area (Å²) in [6.07, 6.45) is 2.46. The first-order chi connectivity index (χ1) is 13.1. The number of para-hydroxylation sites is 3. The van der Waals surface area contributed by atoms with E-state index in [0.29, 0.717) is 18.0 Å². The van der Waals surface area contributed by atoms with E-state index in [1.165, 1.54) is 6.08 Å². The van der Waals surface area contributed by atoms with Gasteiger partial charge < -0.3 is 19.7 Å². The van der Waals surface area contributed by atoms with Crippen LogP contribution in [0.25, 0.3) is 6.08 Å². The molecule has 0 spiro atoms. The van der Waals surface area contributed by atoms with Gasteiger partial charge in [-0.1, -0.05) is 30.3 Å². The molecule has 0 saturated heterocycles. The van der Waals surface area contributed by atoms with Crippen LogP contribution in [0.15, 0.2) is 54.6 Å². The number of anilines is 1. The number of nitrogens with zero attached hydrogens (tertiary/aromatic N) is 1. The van der Waals surface area contributed by atoms with Gasteiger partial charge in [-0.15, -0.1) is 0 Å². The standard InChI is InChI=1S/C21H22N2O4/c1-3-26-17-10-6-4-8-15(17)12-13-20(24)23-14-19(21(25)22-2)27-18-11-7-5-9-16(18)23/h4-13,19H,3,14H2,1-2H3,(H,22,25)/b13-12+/t19-/m1/s1. The van der Waals surface area contributed by atoms with E-state index in [1.54, 1.807) is 30.2 Å². The molecule has 0 radical (unpaired) electrons. The van der Waals surface area contributed by atoms with Crippen molar-refractivity contribution < 1.29 is 19.1 Å². The van der Waals surface area contributed by atoms with Crippen molar-refractivity contribution >= 4 is 23.6 Å². The highest BCUT2D eigenvalue weighted by Gasteiger charge is 2.32. The molecular weight excluding hydrogens is 344 g/mol. The number of amides is 2. The summed E-state index contributed by atoms with van der Waals surface area (Å²) in [4.78, 5) is 26.5. The van der Waals surface area contributed by atoms with Gasteiger partial charge in [0.2, 0.25) is 0 Å². The second kappa shape index (κ2) is 8.40. The molecule has 27 heavy (non-hydrogen) atoms. The number of carbonyl (C=O) groups excluding carboxylic acids is 2. The second-order valence-corrected chi connectivity index (χ2v) is 5.94. The van der Waals surface area contributed by atoms with Crippen LogP contribution >= 0.6 is 0 Å². The van der Waals surface area contributed by atoms with Crippen molar-refractivity contribution in [2.75, 3.05) is 25.1 Å². The molecule has 0 saturated carbocycles. The maximum atomic E-state index is 12.9. The van der Waals surface area contributed by atoms with Crippen molar-refractivity contribution in [1.29, 1.82) is 0 Å². The lowest BCUT2D eigenvalue weighted by molar-refractivity contribution is -0.127. The van der Waals surface area contributed by atoms with Gasteiger partial charge in [0, 0.05) is 18.7 Å². The third-order valence-electron chi connectivity index (χ3n) is 4.20. The lowest BCUT2D eigenvalue weighted by Crippen LogP contribution is -2.49. The van der Waals surface area contributed by atoms with E-state index in [4.69, 9.17) is 9.47 Å². The second-order valence-electron chi connectivity index (χ2n) is 5.94. The topological polar surface area (TPSA) is 67.9 Å². The van der Waals surface area contributed by atoms with Gasteiger partial charge in [0.15, 0.2) is 6.10 Å². The van der Waals surface area contributed by atoms with Crippen LogP contribution < -0.4 is 19.7 Å². The summed E-state index contributed by atoms with van der Waals surface area (Å²) in [7, 11) is 1.54. The smallest absolute Gasteiger partial charge is 0.262 e. The van der Waals surface area contributed by atoms with Crippen molar-refractivity contribution in [3.8, 4) is 11.5 Å². The van der Waals surface area contributed by atoms with E-state index < -0.39 is 6.10 Å². The fraction of sp³-hybridized carbons (Fsp3) is 0.238. The Balaban J connectivity index is 1.86. The Kier molecular flexibility index (Phi) is 5.76. The van der Waals surface area contributed by atoms with Crippen LogP contribution in [0.4, 0.5) is 5.69 Å². The average molecular weight is 366 g/mol. The largest absolute Gasteiger partial charge is 0.493 e. The highest BCUT2D eigenvalue weighted by molar-refractivity contribution is 6.06. The van der Waals surface area contributed by atoms with Gasteiger partial charge in [0.1, 0.15) is 11.5 Å². The maximum Gasteiger partial charge on any atom is 0.262 e. The van der Waals surface area contributed by atoms with Gasteiger partial charge in [0.05, 0.1) is 18.8 Å². The third kappa shape index (κ3) is 4.11. The first-order valence-corrected chi connectivity index (χ1v) is 8.82. The predicted molar refractivity (Wildman–Crippen MR) is 104 cm³/mol. The number of carbonyl (C=O) groups is 2. The summed E-state index contributed by atoms with van der Waals surface area (Å²) >= 11 is 0. The maximum absolute atomic E-state index is 12.9. The van der Waals surface area contributed by atoms with E-state index >= 15 is 0 Å². The van der Waals surface area contributed by atoms with Crippen LogP contribution in [0.3, 0.4) is 0 Å². The van der Waals surface area contributed by atoms with Crippen molar-refractivity contribution in [2.45, 2.75) is 13.0 Å². The van der Waals surface area contributed by atoms with E-state index in [2.05, 4.69) is 5.32 Å². The van der Waals surface area contributed by atoms with Crippen LogP contribution in [0, 0.1) is 0 Å². The molecule has 1 aliphatic rings. The third-order valence-corrected chi connectivity index (χ3v) is 4.20. The monoisotopic (exact) mass is 366 g/mol. The van der Waals surface area contributed by atoms with Crippen LogP contribution in [-0.4, -0.2) is 38.1 Å². The molecule has 6 heteroatoms. The van der Waals surface area contributed by atoms with E-state index in [9.17, 15) is 9.59 Å². The molecule has 0 bridgehead atoms. The molecule has 2 amide bonds. The Bertz CT molecular complexity index is 863. The van der Waals surface area contributed by atoms with Gasteiger partial charge in [-0.25, -0.2) is 0 Å². The number of ether oxygens (including phenoxy) is 2. The Hall–Kier alpha value is -3.28. The zero-order valence-electron chi connectivity index (χ0n) is 15.3. The molecular formula is C21H22N2O4. The summed E-state index contributed by atoms with van der Waals surface area (Å²) in [5.74, 6) is 0.724. The summed E-state index contributed by atoms with van der Waals surface area (Å²) in [5.41, 5.74) is 1.46. The van der Waals surface area contributed by atoms with E-state index in [0.717, 1.165) is 11.3 Å². The molecule has 6 nitrogen and oxygen atoms in total. The number of nitrogens with one attached hydrogen (secondary N) is 1. The predicted octanol–water partition coefficient (Wildman–Crippen LogP) is 2.64. The van der Waals surface area contributed by atoms with Crippen LogP contribution in [-0.2, 0) is 9.59 Å². The molecule has 0 aliphatic carbocycles. The molecule has 1 aliphatic heterocycles. The van der Waals surface area contributed by atoms with Gasteiger partial charge in [-0.05, 0) is 31.2 Å². The molecule has 0 aromatic heterocycles. The van der Waals surface area contributed by atoms with Crippen molar-refractivity contribution in [3.05, 3.63) is 60.2 Å². The lowest BCUT2D eigenvalue weighted by atomic mass is 10.1. The summed E-state index contributed by atoms with van der Waals surface area (Å²) in [6, 6.07) is 14.7. The van der Waals surface area contributed by atoms with Crippen LogP contribution in [0.2, 0.25) is 0 Å². The Morgan fingerprint density at radius 3 is 2.74 bits per heavy atom. The first-order valence-electron chi connectivity index (χ1n) is 8.82. The summed E-state index contributed by atoms with van der Waals surface area (Å²) < 4.78 is 11.3. The van der Waals surface area contributed by atoms with Crippen LogP contribution in [0.1, 0.15) is 12.5 Å². The molecule has 1 heterocycles. The molecule has 0 unspecified atom stereocenters. The van der Waals surface area contributed by atoms with Crippen LogP contribution in [0.5, 0.6) is 11.5 Å². The quantitative estimate of drug-likeness (QED) is 0.826. The lowest BCUT2D eigenvalue weighted by Gasteiger charge is -2.33. The van der Waals surface area contributed by atoms with Gasteiger partial charge in [-0.2, -0.15) is 0 Å². The molecule has 2 aromatic carbocycles. The minimum atomic E-state index is -0.752. The molecule has 140 valence electrons. The normalized spacial score (nSPS) is 15.8. The number of hydrogen-bond donors (Lipinski definition) is 1. The number of fused-ring (bicyclic) bond motifs is 1.